The van der Waals surface area contributed by atoms with Crippen LogP contribution in [0.25, 0.3) is 0 Å². The van der Waals surface area contributed by atoms with Crippen LogP contribution in [0.3, 0.4) is 0 Å². The predicted octanol–water partition coefficient (Wildman–Crippen LogP) is 4.48. The average Bonchev–Trinajstić information content (AvgIpc) is 3.39. The van der Waals surface area contributed by atoms with E-state index in [0.29, 0.717) is 37.0 Å². The van der Waals surface area contributed by atoms with Crippen LogP contribution >= 0.6 is 11.6 Å². The third-order valence-corrected chi connectivity index (χ3v) is 11.2. The van der Waals surface area contributed by atoms with Gasteiger partial charge in [-0.3, -0.25) is 4.79 Å². The Morgan fingerprint density at radius 2 is 1.90 bits per heavy atom. The van der Waals surface area contributed by atoms with Crippen LogP contribution in [-0.4, -0.2) is 57.1 Å². The van der Waals surface area contributed by atoms with Gasteiger partial charge in [0.1, 0.15) is 17.6 Å². The van der Waals surface area contributed by atoms with E-state index < -0.39 is 27.3 Å². The van der Waals surface area contributed by atoms with Crippen LogP contribution in [0.15, 0.2) is 48.6 Å². The first-order valence-electron chi connectivity index (χ1n) is 14.6. The number of carbonyl (C=O) groups is 1. The molecule has 2 aromatic rings. The van der Waals surface area contributed by atoms with E-state index in [1.165, 1.54) is 5.56 Å². The van der Waals surface area contributed by atoms with Gasteiger partial charge in [-0.05, 0) is 91.8 Å². The minimum atomic E-state index is -3.98. The van der Waals surface area contributed by atoms with E-state index in [4.69, 9.17) is 21.1 Å². The van der Waals surface area contributed by atoms with Gasteiger partial charge in [0.25, 0.3) is 5.91 Å². The van der Waals surface area contributed by atoms with Crippen molar-refractivity contribution in [3.63, 3.8) is 0 Å². The summed E-state index contributed by atoms with van der Waals surface area (Å²) in [5.74, 6) is 0.0972. The Hall–Kier alpha value is -2.59. The first kappa shape index (κ1) is 28.5. The lowest BCUT2D eigenvalue weighted by atomic mass is 9.70. The molecule has 5 atom stereocenters. The van der Waals surface area contributed by atoms with Crippen LogP contribution in [0.5, 0.6) is 5.75 Å². The summed E-state index contributed by atoms with van der Waals surface area (Å²) in [6.45, 7) is 2.14. The normalized spacial score (nSPS) is 30.7. The zero-order chi connectivity index (χ0) is 28.6. The summed E-state index contributed by atoms with van der Waals surface area (Å²) in [6, 6.07) is 11.0. The van der Waals surface area contributed by atoms with E-state index in [1.54, 1.807) is 18.2 Å². The SMILES string of the molecule is O=C1NS(=O)(=O)[C@@H]2COC[C@@H]2C/C=C/[C@H](O)[C@@H]2CC[C@H]2CN2CCCCc3cc(Cl)ccc3COc3ccc1cc32. The highest BCUT2D eigenvalue weighted by Gasteiger charge is 2.40. The molecule has 8 nitrogen and oxygen atoms in total. The smallest absolute Gasteiger partial charge is 0.264 e. The molecule has 1 saturated heterocycles. The van der Waals surface area contributed by atoms with Gasteiger partial charge in [-0.15, -0.1) is 0 Å². The van der Waals surface area contributed by atoms with Crippen LogP contribution in [-0.2, 0) is 27.8 Å². The van der Waals surface area contributed by atoms with E-state index in [1.807, 2.05) is 30.4 Å². The molecule has 2 aromatic carbocycles. The van der Waals surface area contributed by atoms with Crippen molar-refractivity contribution in [1.82, 2.24) is 4.72 Å². The molecule has 0 spiro atoms. The van der Waals surface area contributed by atoms with Gasteiger partial charge in [0.2, 0.25) is 10.0 Å². The highest BCUT2D eigenvalue weighted by Crippen LogP contribution is 2.41. The zero-order valence-electron chi connectivity index (χ0n) is 23.0. The van der Waals surface area contributed by atoms with Crippen molar-refractivity contribution in [2.75, 3.05) is 31.2 Å². The summed E-state index contributed by atoms with van der Waals surface area (Å²) in [7, 11) is -3.98. The number of sulfonamides is 1. The lowest BCUT2D eigenvalue weighted by molar-refractivity contribution is 0.0460. The highest BCUT2D eigenvalue weighted by molar-refractivity contribution is 7.90. The van der Waals surface area contributed by atoms with Crippen molar-refractivity contribution < 1.29 is 27.8 Å². The lowest BCUT2D eigenvalue weighted by Crippen LogP contribution is -2.44. The van der Waals surface area contributed by atoms with E-state index in [-0.39, 0.29) is 29.9 Å². The minimum Gasteiger partial charge on any atom is -0.487 e. The van der Waals surface area contributed by atoms with Crippen LogP contribution in [0.1, 0.15) is 53.6 Å². The molecule has 41 heavy (non-hydrogen) atoms. The maximum atomic E-state index is 13.3. The Bertz CT molecular complexity index is 1430. The number of hydrogen-bond acceptors (Lipinski definition) is 7. The van der Waals surface area contributed by atoms with Crippen molar-refractivity contribution in [3.05, 3.63) is 70.3 Å². The fourth-order valence-corrected chi connectivity index (χ4v) is 8.27. The summed E-state index contributed by atoms with van der Waals surface area (Å²) in [5.41, 5.74) is 3.26. The first-order valence-corrected chi connectivity index (χ1v) is 16.5. The molecule has 6 rings (SSSR count). The third-order valence-electron chi connectivity index (χ3n) is 9.15. The maximum absolute atomic E-state index is 13.3. The predicted molar refractivity (Wildman–Crippen MR) is 158 cm³/mol. The van der Waals surface area contributed by atoms with Gasteiger partial charge in [-0.2, -0.15) is 0 Å². The molecule has 3 aliphatic heterocycles. The summed E-state index contributed by atoms with van der Waals surface area (Å²) >= 11 is 6.30. The van der Waals surface area contributed by atoms with Gasteiger partial charge in [-0.1, -0.05) is 29.8 Å². The van der Waals surface area contributed by atoms with Gasteiger partial charge in [0, 0.05) is 29.6 Å². The quantitative estimate of drug-likeness (QED) is 0.430. The molecule has 0 aromatic heterocycles. The Labute approximate surface area is 246 Å². The molecule has 1 amide bonds. The number of aryl methyl sites for hydroxylation is 1. The van der Waals surface area contributed by atoms with E-state index in [9.17, 15) is 18.3 Å². The Balaban J connectivity index is 1.38. The van der Waals surface area contributed by atoms with Gasteiger partial charge in [0.05, 0.1) is 25.0 Å². The number of aliphatic hydroxyl groups excluding tert-OH is 1. The summed E-state index contributed by atoms with van der Waals surface area (Å²) < 4.78 is 40.8. The summed E-state index contributed by atoms with van der Waals surface area (Å²) in [6.07, 6.45) is 8.28. The largest absolute Gasteiger partial charge is 0.487 e. The number of anilines is 1. The number of hydrogen-bond donors (Lipinski definition) is 2. The number of carbonyl (C=O) groups excluding carboxylic acids is 1. The van der Waals surface area contributed by atoms with Crippen molar-refractivity contribution in [1.29, 1.82) is 0 Å². The average molecular weight is 601 g/mol. The number of aliphatic hydroxyl groups is 1. The highest BCUT2D eigenvalue weighted by atomic mass is 35.5. The Morgan fingerprint density at radius 1 is 1.02 bits per heavy atom. The van der Waals surface area contributed by atoms with Crippen LogP contribution in [0.2, 0.25) is 5.02 Å². The summed E-state index contributed by atoms with van der Waals surface area (Å²) in [5, 5.41) is 10.9. The van der Waals surface area contributed by atoms with Gasteiger partial charge >= 0.3 is 0 Å². The van der Waals surface area contributed by atoms with Gasteiger partial charge in [-0.25, -0.2) is 13.1 Å². The fraction of sp³-hybridized carbons (Fsp3) is 0.516. The molecule has 2 bridgehead atoms. The van der Waals surface area contributed by atoms with Crippen LogP contribution in [0.4, 0.5) is 5.69 Å². The number of nitrogens with zero attached hydrogens (tertiary/aromatic N) is 1. The molecular weight excluding hydrogens is 564 g/mol. The second-order valence-corrected chi connectivity index (χ2v) is 14.1. The lowest BCUT2D eigenvalue weighted by Gasteiger charge is -2.42. The molecule has 220 valence electrons. The van der Waals surface area contributed by atoms with Crippen molar-refractivity contribution in [3.8, 4) is 5.75 Å². The molecule has 3 heterocycles. The minimum absolute atomic E-state index is 0.0346. The number of allylic oxidation sites excluding steroid dienone is 1. The molecule has 0 unspecified atom stereocenters. The van der Waals surface area contributed by atoms with E-state index in [0.717, 1.165) is 49.9 Å². The second kappa shape index (κ2) is 12.0. The molecule has 0 radical (unpaired) electrons. The number of nitrogens with one attached hydrogen (secondary N) is 1. The fourth-order valence-electron chi connectivity index (χ4n) is 6.57. The number of amides is 1. The van der Waals surface area contributed by atoms with Crippen molar-refractivity contribution in [2.24, 2.45) is 17.8 Å². The van der Waals surface area contributed by atoms with Gasteiger partial charge < -0.3 is 19.5 Å². The summed E-state index contributed by atoms with van der Waals surface area (Å²) in [4.78, 5) is 15.6. The molecule has 10 heteroatoms. The first-order chi connectivity index (χ1) is 19.8. The van der Waals surface area contributed by atoms with Gasteiger partial charge in [0.15, 0.2) is 0 Å². The number of halogens is 1. The monoisotopic (exact) mass is 600 g/mol. The Kier molecular flexibility index (Phi) is 8.32. The van der Waals surface area contributed by atoms with Crippen molar-refractivity contribution in [2.45, 2.75) is 56.5 Å². The second-order valence-electron chi connectivity index (χ2n) is 11.8. The van der Waals surface area contributed by atoms with Crippen LogP contribution < -0.4 is 14.4 Å². The number of benzene rings is 2. The third kappa shape index (κ3) is 6.14. The van der Waals surface area contributed by atoms with E-state index in [2.05, 4.69) is 9.62 Å². The molecule has 4 aliphatic rings. The molecule has 2 N–H and O–H groups in total. The van der Waals surface area contributed by atoms with Crippen LogP contribution in [0, 0.1) is 17.8 Å². The number of ether oxygens (including phenoxy) is 2. The molecular formula is C31H37ClN2O6S. The van der Waals surface area contributed by atoms with Crippen molar-refractivity contribution >= 4 is 33.2 Å². The topological polar surface area (TPSA) is 105 Å². The molecule has 1 aliphatic carbocycles. The maximum Gasteiger partial charge on any atom is 0.264 e. The molecule has 1 saturated carbocycles. The number of fused-ring (bicyclic) bond motifs is 4. The Morgan fingerprint density at radius 3 is 2.73 bits per heavy atom. The van der Waals surface area contributed by atoms with E-state index >= 15 is 0 Å². The molecule has 2 fully saturated rings. The number of rotatable bonds is 0. The zero-order valence-corrected chi connectivity index (χ0v) is 24.6. The standard InChI is InChI=1S/C31H37ClN2O6S/c32-25-10-7-23-18-40-29-12-9-21-15-27(29)34(13-2-1-4-20(23)14-25)16-22-8-11-26(22)28(35)6-3-5-24-17-39-19-30(24)41(37,38)33-31(21)36/h3,6-7,9-10,12,14-15,22,24,26,28,30,35H,1-2,4-5,8,11,13,16-19H2,(H,33,36)/b6-3+/t22-,24-,26+,28-,30+/m0/s1.